The molecule has 0 fully saturated rings. The molecule has 9 heteroatoms. The lowest BCUT2D eigenvalue weighted by Crippen LogP contribution is -2.41. The molecule has 2 aromatic carbocycles. The largest absolute Gasteiger partial charge is 0.353 e. The van der Waals surface area contributed by atoms with Gasteiger partial charge in [0.15, 0.2) is 0 Å². The topological polar surface area (TPSA) is 133 Å². The van der Waals surface area contributed by atoms with Gasteiger partial charge in [-0.05, 0) is 37.3 Å². The predicted molar refractivity (Wildman–Crippen MR) is 117 cm³/mol. The van der Waals surface area contributed by atoms with E-state index in [0.717, 1.165) is 21.8 Å². The van der Waals surface area contributed by atoms with Crippen LogP contribution in [0.3, 0.4) is 0 Å². The zero-order chi connectivity index (χ0) is 22.4. The third-order valence-electron chi connectivity index (χ3n) is 5.37. The molecule has 0 bridgehead atoms. The van der Waals surface area contributed by atoms with Gasteiger partial charge in [-0.15, -0.1) is 0 Å². The minimum Gasteiger partial charge on any atom is -0.353 e. The number of para-hydroxylation sites is 1. The van der Waals surface area contributed by atoms with Crippen LogP contribution in [0, 0.1) is 0 Å². The van der Waals surface area contributed by atoms with Crippen LogP contribution in [0.1, 0.15) is 38.1 Å². The number of imide groups is 1. The standard InChI is InChI=1S/C23H17N5O4/c1-11(20(29)26-12-6-7-14-16(8-12)22(31)28-21(14)30)25-23(32)18-9-15-13-4-2-3-5-17(13)27-19(15)10-24-18/h2-11,27H,1H3,(H,25,32)(H,26,29)(H,28,30,31). The van der Waals surface area contributed by atoms with Crippen molar-refractivity contribution in [1.82, 2.24) is 20.6 Å². The molecule has 4 N–H and O–H groups in total. The van der Waals surface area contributed by atoms with Crippen molar-refractivity contribution >= 4 is 51.1 Å². The summed E-state index contributed by atoms with van der Waals surface area (Å²) in [6, 6.07) is 13.0. The molecule has 32 heavy (non-hydrogen) atoms. The average Bonchev–Trinajstić information content (AvgIpc) is 3.29. The Labute approximate surface area is 181 Å². The zero-order valence-corrected chi connectivity index (χ0v) is 16.9. The van der Waals surface area contributed by atoms with Gasteiger partial charge in [-0.1, -0.05) is 18.2 Å². The lowest BCUT2D eigenvalue weighted by Gasteiger charge is -2.14. The Kier molecular flexibility index (Phi) is 4.44. The SMILES string of the molecule is CC(NC(=O)c1cc2c(cn1)[nH]c1ccccc12)C(=O)Nc1ccc2c(c1)C(=O)NC2=O. The van der Waals surface area contributed by atoms with E-state index >= 15 is 0 Å². The molecule has 0 aliphatic carbocycles. The van der Waals surface area contributed by atoms with Gasteiger partial charge in [-0.25, -0.2) is 4.98 Å². The van der Waals surface area contributed by atoms with Gasteiger partial charge in [0.2, 0.25) is 5.91 Å². The van der Waals surface area contributed by atoms with E-state index in [2.05, 4.69) is 25.9 Å². The highest BCUT2D eigenvalue weighted by Gasteiger charge is 2.27. The molecule has 0 radical (unpaired) electrons. The van der Waals surface area contributed by atoms with Gasteiger partial charge in [-0.2, -0.15) is 0 Å². The summed E-state index contributed by atoms with van der Waals surface area (Å²) in [6.07, 6.45) is 1.59. The third kappa shape index (κ3) is 3.25. The van der Waals surface area contributed by atoms with Crippen molar-refractivity contribution in [2.75, 3.05) is 5.32 Å². The first-order valence-electron chi connectivity index (χ1n) is 9.88. The second-order valence-electron chi connectivity index (χ2n) is 7.51. The van der Waals surface area contributed by atoms with Crippen molar-refractivity contribution in [3.05, 3.63) is 71.5 Å². The number of aromatic amines is 1. The lowest BCUT2D eigenvalue weighted by molar-refractivity contribution is -0.117. The predicted octanol–water partition coefficient (Wildman–Crippen LogP) is 2.36. The number of benzene rings is 2. The fraction of sp³-hybridized carbons (Fsp3) is 0.0870. The normalized spacial score (nSPS) is 13.7. The van der Waals surface area contributed by atoms with Crippen LogP contribution in [-0.4, -0.2) is 39.6 Å². The van der Waals surface area contributed by atoms with Crippen molar-refractivity contribution in [3.63, 3.8) is 0 Å². The smallest absolute Gasteiger partial charge is 0.270 e. The Morgan fingerprint density at radius 2 is 1.72 bits per heavy atom. The van der Waals surface area contributed by atoms with E-state index in [9.17, 15) is 19.2 Å². The number of nitrogens with zero attached hydrogens (tertiary/aromatic N) is 1. The van der Waals surface area contributed by atoms with Crippen molar-refractivity contribution in [3.8, 4) is 0 Å². The molecular weight excluding hydrogens is 410 g/mol. The summed E-state index contributed by atoms with van der Waals surface area (Å²) in [7, 11) is 0. The first-order chi connectivity index (χ1) is 15.4. The van der Waals surface area contributed by atoms with E-state index in [0.29, 0.717) is 5.69 Å². The van der Waals surface area contributed by atoms with Gasteiger partial charge in [0.1, 0.15) is 11.7 Å². The summed E-state index contributed by atoms with van der Waals surface area (Å²) in [4.78, 5) is 56.1. The Morgan fingerprint density at radius 1 is 0.938 bits per heavy atom. The van der Waals surface area contributed by atoms with E-state index in [1.807, 2.05) is 24.3 Å². The van der Waals surface area contributed by atoms with Crippen LogP contribution in [0.5, 0.6) is 0 Å². The third-order valence-corrected chi connectivity index (χ3v) is 5.37. The minimum absolute atomic E-state index is 0.189. The van der Waals surface area contributed by atoms with Crippen LogP contribution in [0.15, 0.2) is 54.7 Å². The van der Waals surface area contributed by atoms with Crippen LogP contribution >= 0.6 is 0 Å². The molecule has 3 heterocycles. The molecular formula is C23H17N5O4. The van der Waals surface area contributed by atoms with E-state index in [1.165, 1.54) is 18.2 Å². The van der Waals surface area contributed by atoms with Crippen molar-refractivity contribution in [2.24, 2.45) is 0 Å². The first-order valence-corrected chi connectivity index (χ1v) is 9.88. The molecule has 2 aromatic heterocycles. The van der Waals surface area contributed by atoms with Crippen LogP contribution in [0.4, 0.5) is 5.69 Å². The van der Waals surface area contributed by atoms with Gasteiger partial charge >= 0.3 is 0 Å². The molecule has 0 saturated heterocycles. The number of hydrogen-bond donors (Lipinski definition) is 4. The lowest BCUT2D eigenvalue weighted by atomic mass is 10.1. The highest BCUT2D eigenvalue weighted by Crippen LogP contribution is 2.25. The maximum Gasteiger partial charge on any atom is 0.270 e. The molecule has 1 atom stereocenters. The van der Waals surface area contributed by atoms with Gasteiger partial charge in [0, 0.05) is 22.0 Å². The molecule has 0 saturated carbocycles. The number of amides is 4. The van der Waals surface area contributed by atoms with E-state index in [4.69, 9.17) is 0 Å². The van der Waals surface area contributed by atoms with Crippen LogP contribution in [0.25, 0.3) is 21.8 Å². The maximum absolute atomic E-state index is 12.7. The van der Waals surface area contributed by atoms with Crippen LogP contribution in [-0.2, 0) is 4.79 Å². The van der Waals surface area contributed by atoms with Gasteiger partial charge in [0.05, 0.1) is 22.8 Å². The van der Waals surface area contributed by atoms with Gasteiger partial charge < -0.3 is 15.6 Å². The highest BCUT2D eigenvalue weighted by atomic mass is 16.2. The summed E-state index contributed by atoms with van der Waals surface area (Å²) in [6.45, 7) is 1.54. The number of aromatic nitrogens is 2. The molecule has 0 spiro atoms. The van der Waals surface area contributed by atoms with Gasteiger partial charge in [-0.3, -0.25) is 24.5 Å². The Balaban J connectivity index is 1.31. The Morgan fingerprint density at radius 3 is 2.56 bits per heavy atom. The number of H-pyrrole nitrogens is 1. The fourth-order valence-electron chi connectivity index (χ4n) is 3.71. The minimum atomic E-state index is -0.869. The molecule has 9 nitrogen and oxygen atoms in total. The molecule has 4 amide bonds. The molecule has 5 rings (SSSR count). The summed E-state index contributed by atoms with van der Waals surface area (Å²) < 4.78 is 0. The number of rotatable bonds is 4. The zero-order valence-electron chi connectivity index (χ0n) is 16.9. The second kappa shape index (κ2) is 7.31. The van der Waals surface area contributed by atoms with Crippen LogP contribution in [0.2, 0.25) is 0 Å². The second-order valence-corrected chi connectivity index (χ2v) is 7.51. The number of anilines is 1. The molecule has 1 aliphatic rings. The summed E-state index contributed by atoms with van der Waals surface area (Å²) >= 11 is 0. The number of carbonyl (C=O) groups excluding carboxylic acids is 4. The van der Waals surface area contributed by atoms with Crippen LogP contribution < -0.4 is 16.0 Å². The number of fused-ring (bicyclic) bond motifs is 4. The molecule has 4 aromatic rings. The Hall–Kier alpha value is -4.53. The first kappa shape index (κ1) is 19.4. The highest BCUT2D eigenvalue weighted by molar-refractivity contribution is 6.22. The fourth-order valence-corrected chi connectivity index (χ4v) is 3.71. The van der Waals surface area contributed by atoms with E-state index < -0.39 is 29.7 Å². The number of hydrogen-bond acceptors (Lipinski definition) is 5. The Bertz CT molecular complexity index is 1460. The summed E-state index contributed by atoms with van der Waals surface area (Å²) in [5.41, 5.74) is 2.74. The quantitative estimate of drug-likeness (QED) is 0.371. The molecule has 1 unspecified atom stereocenters. The van der Waals surface area contributed by atoms with Crippen molar-refractivity contribution in [2.45, 2.75) is 13.0 Å². The summed E-state index contributed by atoms with van der Waals surface area (Å²) in [5, 5.41) is 9.31. The monoisotopic (exact) mass is 427 g/mol. The average molecular weight is 427 g/mol. The van der Waals surface area contributed by atoms with Crippen molar-refractivity contribution < 1.29 is 19.2 Å². The van der Waals surface area contributed by atoms with Crippen molar-refractivity contribution in [1.29, 1.82) is 0 Å². The number of pyridine rings is 1. The molecule has 158 valence electrons. The van der Waals surface area contributed by atoms with E-state index in [1.54, 1.807) is 19.2 Å². The number of carbonyl (C=O) groups is 4. The number of nitrogens with one attached hydrogen (secondary N) is 4. The summed E-state index contributed by atoms with van der Waals surface area (Å²) in [5.74, 6) is -1.95. The van der Waals surface area contributed by atoms with E-state index in [-0.39, 0.29) is 16.8 Å². The van der Waals surface area contributed by atoms with Gasteiger partial charge in [0.25, 0.3) is 17.7 Å². The maximum atomic E-state index is 12.7. The molecule has 1 aliphatic heterocycles.